The fraction of sp³-hybridized carbons (Fsp3) is 0. The minimum absolute atomic E-state index is 0.209. The number of hydrogen-bond acceptors (Lipinski definition) is 4. The van der Waals surface area contributed by atoms with Crippen molar-refractivity contribution in [2.45, 2.75) is 0 Å². The van der Waals surface area contributed by atoms with Crippen LogP contribution in [0.15, 0.2) is 66.9 Å². The van der Waals surface area contributed by atoms with E-state index in [1.165, 1.54) is 24.3 Å². The Morgan fingerprint density at radius 2 is 1.54 bits per heavy atom. The topological polar surface area (TPSA) is 98.0 Å². The normalized spacial score (nSPS) is 10.2. The van der Waals surface area contributed by atoms with Gasteiger partial charge >= 0.3 is 0 Å². The Balaban J connectivity index is 1.78. The summed E-state index contributed by atoms with van der Waals surface area (Å²) < 4.78 is 0. The molecule has 0 bridgehead atoms. The number of primary amides is 1. The monoisotopic (exact) mass is 318 g/mol. The molecular formula is C18H14N4O2. The number of aromatic nitrogens is 2. The lowest BCUT2D eigenvalue weighted by Crippen LogP contribution is -2.15. The molecule has 1 heterocycles. The van der Waals surface area contributed by atoms with Crippen LogP contribution < -0.4 is 11.1 Å². The van der Waals surface area contributed by atoms with Crippen LogP contribution in [0.2, 0.25) is 0 Å². The largest absolute Gasteiger partial charge is 0.366 e. The highest BCUT2D eigenvalue weighted by molar-refractivity contribution is 6.04. The van der Waals surface area contributed by atoms with Crippen LogP contribution >= 0.6 is 0 Å². The Hall–Kier alpha value is -3.54. The second-order valence-electron chi connectivity index (χ2n) is 5.03. The van der Waals surface area contributed by atoms with Gasteiger partial charge in [0.1, 0.15) is 0 Å². The summed E-state index contributed by atoms with van der Waals surface area (Å²) in [5.41, 5.74) is 7.55. The summed E-state index contributed by atoms with van der Waals surface area (Å²) in [6.07, 6.45) is 1.58. The molecule has 1 aromatic heterocycles. The lowest BCUT2D eigenvalue weighted by Gasteiger charge is -2.06. The zero-order valence-electron chi connectivity index (χ0n) is 12.6. The average molecular weight is 318 g/mol. The molecule has 2 aromatic carbocycles. The number of carbonyl (C=O) groups is 2. The third-order valence-electron chi connectivity index (χ3n) is 3.38. The minimum atomic E-state index is -0.541. The summed E-state index contributed by atoms with van der Waals surface area (Å²) in [4.78, 5) is 31.7. The first-order chi connectivity index (χ1) is 11.6. The van der Waals surface area contributed by atoms with Crippen molar-refractivity contribution in [2.75, 3.05) is 5.32 Å². The standard InChI is InChI=1S/C18H14N4O2/c19-16(23)13-6-8-14(9-7-13)17(24)22-18-20-11-10-15(21-18)12-4-2-1-3-5-12/h1-11H,(H2,19,23)(H,20,21,22,24). The van der Waals surface area contributed by atoms with E-state index in [0.717, 1.165) is 5.56 Å². The highest BCUT2D eigenvalue weighted by Gasteiger charge is 2.10. The number of hydrogen-bond donors (Lipinski definition) is 2. The first-order valence-corrected chi connectivity index (χ1v) is 7.23. The maximum Gasteiger partial charge on any atom is 0.258 e. The summed E-state index contributed by atoms with van der Waals surface area (Å²) in [6.45, 7) is 0. The molecule has 2 amide bonds. The summed E-state index contributed by atoms with van der Waals surface area (Å²) in [6, 6.07) is 17.4. The van der Waals surface area contributed by atoms with Crippen molar-refractivity contribution >= 4 is 17.8 Å². The van der Waals surface area contributed by atoms with E-state index < -0.39 is 5.91 Å². The van der Waals surface area contributed by atoms with Gasteiger partial charge in [0.25, 0.3) is 5.91 Å². The van der Waals surface area contributed by atoms with E-state index >= 15 is 0 Å². The van der Waals surface area contributed by atoms with Crippen molar-refractivity contribution < 1.29 is 9.59 Å². The van der Waals surface area contributed by atoms with Gasteiger partial charge in [-0.25, -0.2) is 9.97 Å². The number of benzene rings is 2. The number of nitrogens with one attached hydrogen (secondary N) is 1. The molecule has 0 saturated heterocycles. The molecule has 0 saturated carbocycles. The number of nitrogens with two attached hydrogens (primary N) is 1. The van der Waals surface area contributed by atoms with Crippen molar-refractivity contribution in [3.05, 3.63) is 78.0 Å². The number of rotatable bonds is 4. The van der Waals surface area contributed by atoms with E-state index in [4.69, 9.17) is 5.73 Å². The van der Waals surface area contributed by atoms with Gasteiger partial charge in [0.05, 0.1) is 5.69 Å². The zero-order chi connectivity index (χ0) is 16.9. The molecule has 6 nitrogen and oxygen atoms in total. The van der Waals surface area contributed by atoms with Gasteiger partial charge in [-0.1, -0.05) is 30.3 Å². The predicted octanol–water partition coefficient (Wildman–Crippen LogP) is 2.49. The van der Waals surface area contributed by atoms with Crippen LogP contribution in [0.4, 0.5) is 5.95 Å². The van der Waals surface area contributed by atoms with Crippen LogP contribution in [0.25, 0.3) is 11.3 Å². The van der Waals surface area contributed by atoms with Gasteiger partial charge in [-0.15, -0.1) is 0 Å². The van der Waals surface area contributed by atoms with E-state index in [2.05, 4.69) is 15.3 Å². The lowest BCUT2D eigenvalue weighted by atomic mass is 10.1. The fourth-order valence-corrected chi connectivity index (χ4v) is 2.15. The van der Waals surface area contributed by atoms with Crippen LogP contribution in [-0.4, -0.2) is 21.8 Å². The van der Waals surface area contributed by atoms with E-state index in [9.17, 15) is 9.59 Å². The SMILES string of the molecule is NC(=O)c1ccc(C(=O)Nc2nccc(-c3ccccc3)n2)cc1. The van der Waals surface area contributed by atoms with Crippen molar-refractivity contribution in [3.8, 4) is 11.3 Å². The molecule has 3 N–H and O–H groups in total. The van der Waals surface area contributed by atoms with Crippen LogP contribution in [0.1, 0.15) is 20.7 Å². The van der Waals surface area contributed by atoms with Crippen LogP contribution in [0, 0.1) is 0 Å². The second-order valence-corrected chi connectivity index (χ2v) is 5.03. The number of amides is 2. The van der Waals surface area contributed by atoms with Crippen molar-refractivity contribution in [2.24, 2.45) is 5.73 Å². The molecule has 3 aromatic rings. The maximum atomic E-state index is 12.2. The second kappa shape index (κ2) is 6.70. The molecule has 3 rings (SSSR count). The van der Waals surface area contributed by atoms with Gasteiger partial charge in [-0.2, -0.15) is 0 Å². The highest BCUT2D eigenvalue weighted by Crippen LogP contribution is 2.17. The Bertz CT molecular complexity index is 877. The Morgan fingerprint density at radius 3 is 2.21 bits per heavy atom. The third kappa shape index (κ3) is 3.44. The molecule has 0 aliphatic rings. The van der Waals surface area contributed by atoms with Crippen molar-refractivity contribution in [1.82, 2.24) is 9.97 Å². The number of nitrogens with zero attached hydrogens (tertiary/aromatic N) is 2. The van der Waals surface area contributed by atoms with Gasteiger partial charge in [0, 0.05) is 22.9 Å². The molecule has 0 unspecified atom stereocenters. The van der Waals surface area contributed by atoms with Crippen LogP contribution in [0.5, 0.6) is 0 Å². The number of carbonyl (C=O) groups excluding carboxylic acids is 2. The molecule has 118 valence electrons. The smallest absolute Gasteiger partial charge is 0.258 e. The summed E-state index contributed by atoms with van der Waals surface area (Å²) in [7, 11) is 0. The number of anilines is 1. The van der Waals surface area contributed by atoms with E-state index in [-0.39, 0.29) is 11.9 Å². The first kappa shape index (κ1) is 15.4. The van der Waals surface area contributed by atoms with Crippen LogP contribution in [0.3, 0.4) is 0 Å². The minimum Gasteiger partial charge on any atom is -0.366 e. The van der Waals surface area contributed by atoms with Crippen molar-refractivity contribution in [3.63, 3.8) is 0 Å². The predicted molar refractivity (Wildman–Crippen MR) is 90.4 cm³/mol. The quantitative estimate of drug-likeness (QED) is 0.772. The molecule has 0 aliphatic heterocycles. The highest BCUT2D eigenvalue weighted by atomic mass is 16.2. The zero-order valence-corrected chi connectivity index (χ0v) is 12.6. The fourth-order valence-electron chi connectivity index (χ4n) is 2.15. The summed E-state index contributed by atoms with van der Waals surface area (Å²) >= 11 is 0. The molecule has 0 aliphatic carbocycles. The van der Waals surface area contributed by atoms with Crippen molar-refractivity contribution in [1.29, 1.82) is 0 Å². The van der Waals surface area contributed by atoms with E-state index in [0.29, 0.717) is 16.8 Å². The molecule has 0 atom stereocenters. The van der Waals surface area contributed by atoms with Crippen LogP contribution in [-0.2, 0) is 0 Å². The Morgan fingerprint density at radius 1 is 0.875 bits per heavy atom. The van der Waals surface area contributed by atoms with Gasteiger partial charge in [-0.05, 0) is 30.3 Å². The third-order valence-corrected chi connectivity index (χ3v) is 3.38. The lowest BCUT2D eigenvalue weighted by molar-refractivity contribution is 0.0995. The Kier molecular flexibility index (Phi) is 4.29. The van der Waals surface area contributed by atoms with E-state index in [1.54, 1.807) is 12.3 Å². The maximum absolute atomic E-state index is 12.2. The van der Waals surface area contributed by atoms with Gasteiger partial charge in [0.2, 0.25) is 11.9 Å². The van der Waals surface area contributed by atoms with E-state index in [1.807, 2.05) is 30.3 Å². The molecule has 0 radical (unpaired) electrons. The summed E-state index contributed by atoms with van der Waals surface area (Å²) in [5.74, 6) is -0.697. The molecule has 24 heavy (non-hydrogen) atoms. The van der Waals surface area contributed by atoms with Gasteiger partial charge in [-0.3, -0.25) is 14.9 Å². The molecular weight excluding hydrogens is 304 g/mol. The molecule has 6 heteroatoms. The summed E-state index contributed by atoms with van der Waals surface area (Å²) in [5, 5.41) is 2.64. The average Bonchev–Trinajstić information content (AvgIpc) is 2.63. The van der Waals surface area contributed by atoms with Gasteiger partial charge in [0.15, 0.2) is 0 Å². The molecule has 0 fully saturated rings. The Labute approximate surface area is 138 Å². The molecule has 0 spiro atoms. The van der Waals surface area contributed by atoms with Gasteiger partial charge < -0.3 is 5.73 Å². The first-order valence-electron chi connectivity index (χ1n) is 7.23.